The van der Waals surface area contributed by atoms with Crippen molar-refractivity contribution in [3.63, 3.8) is 0 Å². The largest absolute Gasteiger partial charge is 0.479 e. The summed E-state index contributed by atoms with van der Waals surface area (Å²) in [7, 11) is 2.80. The van der Waals surface area contributed by atoms with Crippen LogP contribution in [-0.2, 0) is 4.74 Å². The summed E-state index contributed by atoms with van der Waals surface area (Å²) >= 11 is 0.948. The van der Waals surface area contributed by atoms with Crippen LogP contribution in [0.4, 0.5) is 16.2 Å². The number of methoxy groups -OCH3 is 2. The molecule has 1 amide bonds. The van der Waals surface area contributed by atoms with Gasteiger partial charge in [-0.3, -0.25) is 4.79 Å². The average molecular weight is 445 g/mol. The van der Waals surface area contributed by atoms with Gasteiger partial charge in [-0.25, -0.2) is 9.78 Å². The number of pyridine rings is 1. The first-order chi connectivity index (χ1) is 14.8. The molecule has 2 aromatic rings. The van der Waals surface area contributed by atoms with Crippen LogP contribution in [0.15, 0.2) is 24.3 Å². The molecule has 0 bridgehead atoms. The summed E-state index contributed by atoms with van der Waals surface area (Å²) < 4.78 is 13.1. The molecular weight excluding hydrogens is 416 g/mol. The molecule has 2 heterocycles. The Hall–Kier alpha value is -2.94. The van der Waals surface area contributed by atoms with Crippen molar-refractivity contribution < 1.29 is 19.1 Å². The molecule has 0 aliphatic carbocycles. The minimum Gasteiger partial charge on any atom is -0.479 e. The summed E-state index contributed by atoms with van der Waals surface area (Å²) in [6.07, 6.45) is 0. The van der Waals surface area contributed by atoms with Crippen molar-refractivity contribution in [1.82, 2.24) is 9.88 Å². The van der Waals surface area contributed by atoms with Crippen LogP contribution in [0.3, 0.4) is 0 Å². The third-order valence-corrected chi connectivity index (χ3v) is 5.89. The molecule has 1 aliphatic rings. The Morgan fingerprint density at radius 3 is 2.23 bits per heavy atom. The van der Waals surface area contributed by atoms with Crippen LogP contribution < -0.4 is 14.4 Å². The number of hydrogen-bond donors (Lipinski definition) is 1. The molecule has 166 valence electrons. The van der Waals surface area contributed by atoms with Crippen molar-refractivity contribution in [2.45, 2.75) is 20.8 Å². The lowest BCUT2D eigenvalue weighted by molar-refractivity contribution is 0.0599. The minimum absolute atomic E-state index is 0.0951. The number of nitrogens with one attached hydrogen (secondary N) is 1. The normalized spacial score (nSPS) is 13.7. The van der Waals surface area contributed by atoms with Crippen LogP contribution in [0.1, 0.15) is 27.2 Å². The molecule has 9 heteroatoms. The van der Waals surface area contributed by atoms with Crippen LogP contribution >= 0.6 is 11.9 Å². The van der Waals surface area contributed by atoms with E-state index in [0.29, 0.717) is 35.9 Å². The van der Waals surface area contributed by atoms with Crippen molar-refractivity contribution in [1.29, 1.82) is 0 Å². The van der Waals surface area contributed by atoms with Crippen LogP contribution in [0, 0.1) is 20.8 Å². The minimum atomic E-state index is -0.491. The Balaban J connectivity index is 1.61. The van der Waals surface area contributed by atoms with Crippen LogP contribution in [-0.4, -0.2) is 61.5 Å². The van der Waals surface area contributed by atoms with Gasteiger partial charge >= 0.3 is 11.2 Å². The zero-order valence-electron chi connectivity index (χ0n) is 18.5. The Kier molecular flexibility index (Phi) is 7.27. The Morgan fingerprint density at radius 2 is 1.65 bits per heavy atom. The Labute approximate surface area is 187 Å². The number of carbonyl (C=O) groups is 2. The molecule has 1 saturated heterocycles. The standard InChI is InChI=1S/C22H28N4O4S/c1-14-10-15(2)12-17(11-14)25-6-8-26(9-7-25)22(28)31-24-19-13-18(21(27)30-5)16(3)23-20(19)29-4/h10-13,24H,6-9H2,1-5H3. The molecule has 1 aromatic heterocycles. The predicted octanol–water partition coefficient (Wildman–Crippen LogP) is 3.80. The summed E-state index contributed by atoms with van der Waals surface area (Å²) in [4.78, 5) is 33.1. The van der Waals surface area contributed by atoms with E-state index in [1.54, 1.807) is 13.0 Å². The average Bonchev–Trinajstić information content (AvgIpc) is 2.76. The van der Waals surface area contributed by atoms with E-state index in [4.69, 9.17) is 9.47 Å². The summed E-state index contributed by atoms with van der Waals surface area (Å²) in [6, 6.07) is 8.10. The van der Waals surface area contributed by atoms with Gasteiger partial charge in [0.1, 0.15) is 5.69 Å². The molecule has 0 spiro atoms. The fraction of sp³-hybridized carbons (Fsp3) is 0.409. The molecule has 8 nitrogen and oxygen atoms in total. The number of rotatable bonds is 5. The maximum atomic E-state index is 12.7. The zero-order chi connectivity index (χ0) is 22.5. The van der Waals surface area contributed by atoms with Gasteiger partial charge < -0.3 is 24.0 Å². The van der Waals surface area contributed by atoms with Crippen molar-refractivity contribution in [3.8, 4) is 5.88 Å². The number of amides is 1. The van der Waals surface area contributed by atoms with E-state index in [2.05, 4.69) is 46.7 Å². The smallest absolute Gasteiger partial charge is 0.339 e. The van der Waals surface area contributed by atoms with Crippen LogP contribution in [0.2, 0.25) is 0 Å². The van der Waals surface area contributed by atoms with E-state index in [1.807, 2.05) is 4.90 Å². The van der Waals surface area contributed by atoms with Gasteiger partial charge in [0.25, 0.3) is 0 Å². The molecule has 3 rings (SSSR count). The van der Waals surface area contributed by atoms with E-state index in [1.165, 1.54) is 31.0 Å². The van der Waals surface area contributed by atoms with E-state index in [-0.39, 0.29) is 5.24 Å². The predicted molar refractivity (Wildman–Crippen MR) is 123 cm³/mol. The third kappa shape index (κ3) is 5.41. The van der Waals surface area contributed by atoms with E-state index in [9.17, 15) is 9.59 Å². The van der Waals surface area contributed by atoms with Gasteiger partial charge in [0, 0.05) is 43.8 Å². The molecule has 31 heavy (non-hydrogen) atoms. The monoisotopic (exact) mass is 444 g/mol. The highest BCUT2D eigenvalue weighted by molar-refractivity contribution is 8.14. The fourth-order valence-electron chi connectivity index (χ4n) is 3.57. The van der Waals surface area contributed by atoms with Crippen molar-refractivity contribution in [2.75, 3.05) is 50.0 Å². The number of aromatic nitrogens is 1. The lowest BCUT2D eigenvalue weighted by atomic mass is 10.1. The van der Waals surface area contributed by atoms with Gasteiger partial charge in [0.05, 0.1) is 25.5 Å². The number of hydrogen-bond acceptors (Lipinski definition) is 8. The second-order valence-electron chi connectivity index (χ2n) is 7.46. The van der Waals surface area contributed by atoms with Gasteiger partial charge in [0.15, 0.2) is 0 Å². The van der Waals surface area contributed by atoms with Gasteiger partial charge in [0.2, 0.25) is 5.88 Å². The second kappa shape index (κ2) is 9.91. The fourth-order valence-corrected chi connectivity index (χ4v) is 4.23. The number of benzene rings is 1. The topological polar surface area (TPSA) is 84.0 Å². The zero-order valence-corrected chi connectivity index (χ0v) is 19.3. The number of anilines is 2. The van der Waals surface area contributed by atoms with Crippen molar-refractivity contribution >= 4 is 34.5 Å². The number of piperazine rings is 1. The molecule has 0 atom stereocenters. The first-order valence-corrected chi connectivity index (χ1v) is 10.8. The summed E-state index contributed by atoms with van der Waals surface area (Å²) in [5, 5.41) is -0.0951. The Bertz CT molecular complexity index is 954. The number of carbonyl (C=O) groups excluding carboxylic acids is 2. The van der Waals surface area contributed by atoms with Crippen LogP contribution in [0.5, 0.6) is 5.88 Å². The van der Waals surface area contributed by atoms with Gasteiger partial charge in [-0.1, -0.05) is 6.07 Å². The van der Waals surface area contributed by atoms with Gasteiger partial charge in [-0.15, -0.1) is 0 Å². The summed E-state index contributed by atoms with van der Waals surface area (Å²) in [5.74, 6) is -0.181. The van der Waals surface area contributed by atoms with Gasteiger partial charge in [-0.2, -0.15) is 0 Å². The van der Waals surface area contributed by atoms with E-state index in [0.717, 1.165) is 25.0 Å². The number of aryl methyl sites for hydroxylation is 3. The quantitative estimate of drug-likeness (QED) is 0.551. The molecule has 0 radical (unpaired) electrons. The Morgan fingerprint density at radius 1 is 1.00 bits per heavy atom. The number of esters is 1. The molecule has 1 N–H and O–H groups in total. The first-order valence-electron chi connectivity index (χ1n) is 10.0. The lowest BCUT2D eigenvalue weighted by Gasteiger charge is -2.36. The maximum absolute atomic E-state index is 12.7. The highest BCUT2D eigenvalue weighted by Crippen LogP contribution is 2.29. The highest BCUT2D eigenvalue weighted by Gasteiger charge is 2.23. The molecule has 1 aromatic carbocycles. The summed E-state index contributed by atoms with van der Waals surface area (Å²) in [5.41, 5.74) is 4.93. The van der Waals surface area contributed by atoms with Gasteiger partial charge in [-0.05, 0) is 50.1 Å². The maximum Gasteiger partial charge on any atom is 0.339 e. The van der Waals surface area contributed by atoms with Crippen LogP contribution in [0.25, 0.3) is 0 Å². The SMILES string of the molecule is COC(=O)c1cc(NSC(=O)N2CCN(c3cc(C)cc(C)c3)CC2)c(OC)nc1C. The molecular formula is C22H28N4O4S. The second-order valence-corrected chi connectivity index (χ2v) is 8.22. The number of ether oxygens (including phenoxy) is 2. The molecule has 0 unspecified atom stereocenters. The number of nitrogens with zero attached hydrogens (tertiary/aromatic N) is 3. The summed E-state index contributed by atoms with van der Waals surface area (Å²) in [6.45, 7) is 8.71. The molecule has 1 fully saturated rings. The molecule has 1 aliphatic heterocycles. The molecule has 0 saturated carbocycles. The third-order valence-electron chi connectivity index (χ3n) is 5.13. The lowest BCUT2D eigenvalue weighted by Crippen LogP contribution is -2.47. The van der Waals surface area contributed by atoms with Crippen molar-refractivity contribution in [2.24, 2.45) is 0 Å². The first kappa shape index (κ1) is 22.7. The van der Waals surface area contributed by atoms with E-state index < -0.39 is 5.97 Å². The van der Waals surface area contributed by atoms with E-state index >= 15 is 0 Å². The highest BCUT2D eigenvalue weighted by atomic mass is 32.2. The van der Waals surface area contributed by atoms with Crippen molar-refractivity contribution in [3.05, 3.63) is 46.6 Å².